The summed E-state index contributed by atoms with van der Waals surface area (Å²) in [6, 6.07) is 16.0. The van der Waals surface area contributed by atoms with Gasteiger partial charge in [0, 0.05) is 12.1 Å². The van der Waals surface area contributed by atoms with Gasteiger partial charge in [0.15, 0.2) is 0 Å². The van der Waals surface area contributed by atoms with Crippen molar-refractivity contribution in [2.24, 2.45) is 5.73 Å². The molecule has 2 unspecified atom stereocenters. The summed E-state index contributed by atoms with van der Waals surface area (Å²) in [6.07, 6.45) is 6.38. The predicted octanol–water partition coefficient (Wildman–Crippen LogP) is 4.49. The SMILES string of the molecule is CC1CCCCN1CCCC(N)c1ccc2ccccc2c1. The molecule has 2 nitrogen and oxygen atoms in total. The molecule has 2 atom stereocenters. The van der Waals surface area contributed by atoms with Crippen molar-refractivity contribution < 1.29 is 0 Å². The zero-order valence-electron chi connectivity index (χ0n) is 13.7. The van der Waals surface area contributed by atoms with Crippen LogP contribution in [0.5, 0.6) is 0 Å². The molecule has 0 spiro atoms. The van der Waals surface area contributed by atoms with Crippen molar-refractivity contribution in [3.63, 3.8) is 0 Å². The number of rotatable bonds is 5. The Morgan fingerprint density at radius 2 is 1.95 bits per heavy atom. The van der Waals surface area contributed by atoms with Crippen LogP contribution in [-0.4, -0.2) is 24.0 Å². The first-order valence-electron chi connectivity index (χ1n) is 8.72. The number of hydrogen-bond acceptors (Lipinski definition) is 2. The van der Waals surface area contributed by atoms with E-state index in [0.29, 0.717) is 0 Å². The highest BCUT2D eigenvalue weighted by Crippen LogP contribution is 2.23. The van der Waals surface area contributed by atoms with Gasteiger partial charge in [-0.2, -0.15) is 0 Å². The Kier molecular flexibility index (Phi) is 5.12. The molecule has 118 valence electrons. The molecule has 0 aliphatic carbocycles. The smallest absolute Gasteiger partial charge is 0.0295 e. The third-order valence-electron chi connectivity index (χ3n) is 5.10. The number of likely N-dealkylation sites (tertiary alicyclic amines) is 1. The van der Waals surface area contributed by atoms with E-state index in [0.717, 1.165) is 12.5 Å². The average Bonchev–Trinajstić information content (AvgIpc) is 2.56. The Morgan fingerprint density at radius 1 is 1.14 bits per heavy atom. The van der Waals surface area contributed by atoms with Crippen LogP contribution in [0.25, 0.3) is 10.8 Å². The summed E-state index contributed by atoms with van der Waals surface area (Å²) >= 11 is 0. The molecule has 0 bridgehead atoms. The second kappa shape index (κ2) is 7.26. The number of nitrogens with zero attached hydrogens (tertiary/aromatic N) is 1. The molecule has 2 heteroatoms. The highest BCUT2D eigenvalue weighted by molar-refractivity contribution is 5.83. The number of benzene rings is 2. The van der Waals surface area contributed by atoms with Crippen LogP contribution in [0.4, 0.5) is 0 Å². The fourth-order valence-electron chi connectivity index (χ4n) is 3.61. The first-order chi connectivity index (χ1) is 10.7. The lowest BCUT2D eigenvalue weighted by molar-refractivity contribution is 0.157. The van der Waals surface area contributed by atoms with Crippen LogP contribution >= 0.6 is 0 Å². The predicted molar refractivity (Wildman–Crippen MR) is 95.0 cm³/mol. The number of nitrogens with two attached hydrogens (primary N) is 1. The molecular formula is C20H28N2. The van der Waals surface area contributed by atoms with Crippen molar-refractivity contribution in [1.82, 2.24) is 4.90 Å². The minimum absolute atomic E-state index is 0.157. The lowest BCUT2D eigenvalue weighted by Crippen LogP contribution is -2.38. The molecule has 1 heterocycles. The van der Waals surface area contributed by atoms with Crippen LogP contribution in [-0.2, 0) is 0 Å². The minimum Gasteiger partial charge on any atom is -0.324 e. The van der Waals surface area contributed by atoms with E-state index in [2.05, 4.69) is 54.3 Å². The Hall–Kier alpha value is -1.38. The van der Waals surface area contributed by atoms with Gasteiger partial charge in [0.05, 0.1) is 0 Å². The monoisotopic (exact) mass is 296 g/mol. The lowest BCUT2D eigenvalue weighted by Gasteiger charge is -2.33. The lowest BCUT2D eigenvalue weighted by atomic mass is 9.98. The van der Waals surface area contributed by atoms with Gasteiger partial charge in [0.2, 0.25) is 0 Å². The molecular weight excluding hydrogens is 268 g/mol. The molecule has 0 aromatic heterocycles. The summed E-state index contributed by atoms with van der Waals surface area (Å²) in [5.74, 6) is 0. The Labute approximate surface area is 134 Å². The van der Waals surface area contributed by atoms with Gasteiger partial charge in [0.1, 0.15) is 0 Å². The van der Waals surface area contributed by atoms with E-state index in [1.54, 1.807) is 0 Å². The fourth-order valence-corrected chi connectivity index (χ4v) is 3.61. The van der Waals surface area contributed by atoms with Crippen LogP contribution in [0, 0.1) is 0 Å². The summed E-state index contributed by atoms with van der Waals surface area (Å²) in [7, 11) is 0. The number of hydrogen-bond donors (Lipinski definition) is 1. The molecule has 2 N–H and O–H groups in total. The normalized spacial score (nSPS) is 21.1. The highest BCUT2D eigenvalue weighted by Gasteiger charge is 2.17. The first-order valence-corrected chi connectivity index (χ1v) is 8.72. The van der Waals surface area contributed by atoms with Gasteiger partial charge < -0.3 is 10.6 Å². The van der Waals surface area contributed by atoms with Crippen LogP contribution in [0.15, 0.2) is 42.5 Å². The summed E-state index contributed by atoms with van der Waals surface area (Å²) < 4.78 is 0. The maximum absolute atomic E-state index is 6.42. The summed E-state index contributed by atoms with van der Waals surface area (Å²) in [5.41, 5.74) is 7.69. The Morgan fingerprint density at radius 3 is 2.77 bits per heavy atom. The van der Waals surface area contributed by atoms with Crippen LogP contribution in [0.3, 0.4) is 0 Å². The molecule has 2 aromatic carbocycles. The largest absolute Gasteiger partial charge is 0.324 e. The standard InChI is InChI=1S/C20H28N2/c1-16-7-4-5-13-22(16)14-6-10-20(21)19-12-11-17-8-2-3-9-18(17)15-19/h2-3,8-9,11-12,15-16,20H,4-7,10,13-14,21H2,1H3. The molecule has 0 amide bonds. The van der Waals surface area contributed by atoms with Crippen LogP contribution < -0.4 is 5.73 Å². The van der Waals surface area contributed by atoms with Crippen molar-refractivity contribution in [2.75, 3.05) is 13.1 Å². The summed E-state index contributed by atoms with van der Waals surface area (Å²) in [6.45, 7) is 4.83. The Balaban J connectivity index is 1.55. The number of piperidine rings is 1. The molecule has 1 aliphatic heterocycles. The van der Waals surface area contributed by atoms with Crippen molar-refractivity contribution in [1.29, 1.82) is 0 Å². The van der Waals surface area contributed by atoms with Gasteiger partial charge in [-0.25, -0.2) is 0 Å². The van der Waals surface area contributed by atoms with Gasteiger partial charge >= 0.3 is 0 Å². The second-order valence-electron chi connectivity index (χ2n) is 6.74. The van der Waals surface area contributed by atoms with E-state index >= 15 is 0 Å². The van der Waals surface area contributed by atoms with Crippen molar-refractivity contribution in [3.8, 4) is 0 Å². The van der Waals surface area contributed by atoms with E-state index in [9.17, 15) is 0 Å². The summed E-state index contributed by atoms with van der Waals surface area (Å²) in [5, 5.41) is 2.58. The summed E-state index contributed by atoms with van der Waals surface area (Å²) in [4.78, 5) is 2.64. The van der Waals surface area contributed by atoms with E-state index in [1.165, 1.54) is 55.1 Å². The van der Waals surface area contributed by atoms with E-state index in [1.807, 2.05) is 0 Å². The van der Waals surface area contributed by atoms with Gasteiger partial charge in [-0.15, -0.1) is 0 Å². The average molecular weight is 296 g/mol. The molecule has 1 saturated heterocycles. The van der Waals surface area contributed by atoms with E-state index in [4.69, 9.17) is 5.73 Å². The highest BCUT2D eigenvalue weighted by atomic mass is 15.1. The quantitative estimate of drug-likeness (QED) is 0.880. The molecule has 1 aliphatic rings. The van der Waals surface area contributed by atoms with Gasteiger partial charge in [0.25, 0.3) is 0 Å². The third kappa shape index (κ3) is 3.68. The zero-order valence-corrected chi connectivity index (χ0v) is 13.7. The van der Waals surface area contributed by atoms with Gasteiger partial charge in [-0.1, -0.05) is 42.8 Å². The van der Waals surface area contributed by atoms with Gasteiger partial charge in [-0.05, 0) is 68.1 Å². The zero-order chi connectivity index (χ0) is 15.4. The van der Waals surface area contributed by atoms with Crippen molar-refractivity contribution in [3.05, 3.63) is 48.0 Å². The number of fused-ring (bicyclic) bond motifs is 1. The maximum Gasteiger partial charge on any atom is 0.0295 e. The topological polar surface area (TPSA) is 29.3 Å². The molecule has 22 heavy (non-hydrogen) atoms. The second-order valence-corrected chi connectivity index (χ2v) is 6.74. The maximum atomic E-state index is 6.42. The fraction of sp³-hybridized carbons (Fsp3) is 0.500. The molecule has 0 saturated carbocycles. The van der Waals surface area contributed by atoms with Crippen LogP contribution in [0.1, 0.15) is 50.6 Å². The molecule has 1 fully saturated rings. The van der Waals surface area contributed by atoms with Gasteiger partial charge in [-0.3, -0.25) is 0 Å². The van der Waals surface area contributed by atoms with Crippen LogP contribution in [0.2, 0.25) is 0 Å². The molecule has 2 aromatic rings. The minimum atomic E-state index is 0.157. The van der Waals surface area contributed by atoms with E-state index in [-0.39, 0.29) is 6.04 Å². The van der Waals surface area contributed by atoms with Crippen molar-refractivity contribution in [2.45, 2.75) is 51.1 Å². The molecule has 3 rings (SSSR count). The third-order valence-corrected chi connectivity index (χ3v) is 5.10. The van der Waals surface area contributed by atoms with Crippen molar-refractivity contribution >= 4 is 10.8 Å². The Bertz CT molecular complexity index is 607. The molecule has 0 radical (unpaired) electrons. The first kappa shape index (κ1) is 15.5. The van der Waals surface area contributed by atoms with E-state index < -0.39 is 0 Å².